The smallest absolute Gasteiger partial charge is 0.256 e. The van der Waals surface area contributed by atoms with Gasteiger partial charge in [0, 0.05) is 25.3 Å². The topological polar surface area (TPSA) is 75.6 Å². The summed E-state index contributed by atoms with van der Waals surface area (Å²) in [6.45, 7) is 2.21. The monoisotopic (exact) mass is 550 g/mol. The Labute approximate surface area is 233 Å². The lowest BCUT2D eigenvalue weighted by atomic mass is 9.75. The third-order valence-corrected chi connectivity index (χ3v) is 8.89. The molecule has 0 unspecified atom stereocenters. The number of aliphatic hydroxyl groups excluding tert-OH is 1. The fourth-order valence-electron chi connectivity index (χ4n) is 6.16. The van der Waals surface area contributed by atoms with Crippen LogP contribution < -0.4 is 0 Å². The van der Waals surface area contributed by atoms with Gasteiger partial charge in [-0.3, -0.25) is 0 Å². The van der Waals surface area contributed by atoms with E-state index < -0.39 is 36.0 Å². The van der Waals surface area contributed by atoms with Crippen molar-refractivity contribution < 1.29 is 33.5 Å². The molecule has 0 amide bonds. The molecule has 8 heteroatoms. The second-order valence-electron chi connectivity index (χ2n) is 9.84. The summed E-state index contributed by atoms with van der Waals surface area (Å²) in [5, 5.41) is 10.5. The van der Waals surface area contributed by atoms with E-state index in [4.69, 9.17) is 28.4 Å². The van der Waals surface area contributed by atoms with Crippen molar-refractivity contribution in [3.8, 4) is 11.1 Å². The van der Waals surface area contributed by atoms with Crippen molar-refractivity contribution in [3.63, 3.8) is 0 Å². The SMILES string of the molecule is CCS[C@H]1O[C@H](CO)[C@H]2O[C@@]3(OC)c4ccccc4-c4ccccc4[C@]3(OC)O[C@@H]2[C@@H]1OCc1ccccc1. The van der Waals surface area contributed by atoms with Gasteiger partial charge in [-0.1, -0.05) is 85.8 Å². The molecular formula is C31H34O7S. The van der Waals surface area contributed by atoms with Crippen LogP contribution in [0.5, 0.6) is 0 Å². The Kier molecular flexibility index (Phi) is 7.56. The number of fused-ring (bicyclic) bond motifs is 7. The summed E-state index contributed by atoms with van der Waals surface area (Å²) in [7, 11) is 3.21. The lowest BCUT2D eigenvalue weighted by Gasteiger charge is -2.60. The van der Waals surface area contributed by atoms with E-state index >= 15 is 0 Å². The van der Waals surface area contributed by atoms with Gasteiger partial charge < -0.3 is 33.5 Å². The summed E-state index contributed by atoms with van der Waals surface area (Å²) in [5.74, 6) is -2.10. The molecule has 3 aromatic carbocycles. The summed E-state index contributed by atoms with van der Waals surface area (Å²) < 4.78 is 39.7. The van der Waals surface area contributed by atoms with Gasteiger partial charge in [0.15, 0.2) is 0 Å². The first-order chi connectivity index (χ1) is 19.1. The molecule has 2 saturated heterocycles. The van der Waals surface area contributed by atoms with Crippen LogP contribution in [0, 0.1) is 0 Å². The maximum Gasteiger partial charge on any atom is 0.256 e. The molecule has 206 valence electrons. The second-order valence-corrected chi connectivity index (χ2v) is 11.2. The van der Waals surface area contributed by atoms with Crippen LogP contribution in [0.3, 0.4) is 0 Å². The van der Waals surface area contributed by atoms with Crippen molar-refractivity contribution in [1.29, 1.82) is 0 Å². The van der Waals surface area contributed by atoms with Gasteiger partial charge in [-0.15, -0.1) is 11.8 Å². The first-order valence-electron chi connectivity index (χ1n) is 13.3. The van der Waals surface area contributed by atoms with Crippen LogP contribution >= 0.6 is 11.8 Å². The van der Waals surface area contributed by atoms with Crippen LogP contribution in [-0.2, 0) is 46.6 Å². The fraction of sp³-hybridized carbons (Fsp3) is 0.419. The molecule has 1 aliphatic carbocycles. The lowest BCUT2D eigenvalue weighted by molar-refractivity contribution is -0.498. The maximum atomic E-state index is 10.5. The zero-order valence-corrected chi connectivity index (χ0v) is 23.1. The van der Waals surface area contributed by atoms with Crippen molar-refractivity contribution in [3.05, 3.63) is 95.6 Å². The average Bonchev–Trinajstić information content (AvgIpc) is 3.00. The van der Waals surface area contributed by atoms with Crippen LogP contribution in [0.2, 0.25) is 0 Å². The highest BCUT2D eigenvalue weighted by atomic mass is 32.2. The molecule has 0 spiro atoms. The molecule has 6 rings (SSSR count). The number of thioether (sulfide) groups is 1. The second kappa shape index (κ2) is 11.0. The van der Waals surface area contributed by atoms with E-state index in [9.17, 15) is 5.11 Å². The Morgan fingerprint density at radius 2 is 1.36 bits per heavy atom. The Bertz CT molecular complexity index is 1290. The first kappa shape index (κ1) is 26.9. The van der Waals surface area contributed by atoms with Crippen LogP contribution in [0.25, 0.3) is 11.1 Å². The summed E-state index contributed by atoms with van der Waals surface area (Å²) >= 11 is 1.62. The number of hydrogen-bond donors (Lipinski definition) is 1. The minimum absolute atomic E-state index is 0.241. The Balaban J connectivity index is 1.49. The predicted molar refractivity (Wildman–Crippen MR) is 148 cm³/mol. The average molecular weight is 551 g/mol. The Morgan fingerprint density at radius 1 is 0.795 bits per heavy atom. The van der Waals surface area contributed by atoms with Gasteiger partial charge in [-0.25, -0.2) is 0 Å². The van der Waals surface area contributed by atoms with Crippen LogP contribution in [0.15, 0.2) is 78.9 Å². The number of aliphatic hydroxyl groups is 1. The predicted octanol–water partition coefficient (Wildman–Crippen LogP) is 4.81. The third kappa shape index (κ3) is 4.17. The van der Waals surface area contributed by atoms with E-state index in [1.165, 1.54) is 0 Å². The molecule has 7 nitrogen and oxygen atoms in total. The number of ether oxygens (including phenoxy) is 6. The number of methoxy groups -OCH3 is 2. The summed E-state index contributed by atoms with van der Waals surface area (Å²) in [4.78, 5) is 0. The maximum absolute atomic E-state index is 10.5. The summed E-state index contributed by atoms with van der Waals surface area (Å²) in [6.07, 6.45) is -2.47. The number of hydrogen-bond acceptors (Lipinski definition) is 8. The zero-order chi connectivity index (χ0) is 27.0. The van der Waals surface area contributed by atoms with Gasteiger partial charge in [-0.05, 0) is 22.4 Å². The Hall–Kier alpha value is -2.27. The van der Waals surface area contributed by atoms with Crippen molar-refractivity contribution >= 4 is 11.8 Å². The summed E-state index contributed by atoms with van der Waals surface area (Å²) in [5.41, 5.74) is 4.21. The van der Waals surface area contributed by atoms with E-state index in [0.29, 0.717) is 6.61 Å². The van der Waals surface area contributed by atoms with Crippen LogP contribution in [0.4, 0.5) is 0 Å². The highest BCUT2D eigenvalue weighted by Crippen LogP contribution is 2.60. The largest absolute Gasteiger partial charge is 0.394 e. The van der Waals surface area contributed by atoms with Gasteiger partial charge in [0.2, 0.25) is 0 Å². The highest BCUT2D eigenvalue weighted by Gasteiger charge is 2.70. The summed E-state index contributed by atoms with van der Waals surface area (Å²) in [6, 6.07) is 26.0. The van der Waals surface area contributed by atoms with Crippen molar-refractivity contribution in [1.82, 2.24) is 0 Å². The van der Waals surface area contributed by atoms with E-state index in [1.54, 1.807) is 26.0 Å². The lowest BCUT2D eigenvalue weighted by Crippen LogP contribution is -2.72. The first-order valence-corrected chi connectivity index (χ1v) is 14.4. The van der Waals surface area contributed by atoms with Gasteiger partial charge in [-0.2, -0.15) is 0 Å². The van der Waals surface area contributed by atoms with Gasteiger partial charge >= 0.3 is 0 Å². The molecule has 39 heavy (non-hydrogen) atoms. The van der Waals surface area contributed by atoms with E-state index in [1.807, 2.05) is 72.8 Å². The van der Waals surface area contributed by atoms with Crippen LogP contribution in [0.1, 0.15) is 23.6 Å². The molecule has 2 heterocycles. The van der Waals surface area contributed by atoms with Crippen LogP contribution in [-0.4, -0.2) is 61.5 Å². The minimum atomic E-state index is -1.46. The van der Waals surface area contributed by atoms with Crippen molar-refractivity contribution in [2.45, 2.75) is 55.0 Å². The normalized spacial score (nSPS) is 33.0. The third-order valence-electron chi connectivity index (χ3n) is 7.85. The van der Waals surface area contributed by atoms with Gasteiger partial charge in [0.25, 0.3) is 11.6 Å². The number of rotatable bonds is 8. The molecule has 7 atom stereocenters. The van der Waals surface area contributed by atoms with Crippen molar-refractivity contribution in [2.75, 3.05) is 26.6 Å². The Morgan fingerprint density at radius 3 is 1.92 bits per heavy atom. The molecule has 0 bridgehead atoms. The van der Waals surface area contributed by atoms with Crippen molar-refractivity contribution in [2.24, 2.45) is 0 Å². The molecule has 3 aliphatic rings. The van der Waals surface area contributed by atoms with Gasteiger partial charge in [0.1, 0.15) is 29.9 Å². The molecule has 1 N–H and O–H groups in total. The molecule has 0 aromatic heterocycles. The number of benzene rings is 3. The molecule has 0 radical (unpaired) electrons. The molecule has 0 saturated carbocycles. The standard InChI is InChI=1S/C31H34O7S/c1-4-39-29-28(35-19-20-12-6-5-7-13-20)27-26(25(18-32)36-29)37-30(33-2)23-16-10-8-14-21(23)22-15-9-11-17-24(22)31(30,34-3)38-27/h5-17,25-29,32H,4,18-19H2,1-3H3/t25-,26-,27+,28+,29-,30+,31+/m1/s1. The van der Waals surface area contributed by atoms with Gasteiger partial charge in [0.05, 0.1) is 13.2 Å². The quantitative estimate of drug-likeness (QED) is 0.429. The molecule has 3 aromatic rings. The highest BCUT2D eigenvalue weighted by molar-refractivity contribution is 7.99. The fourth-order valence-corrected chi connectivity index (χ4v) is 7.13. The van der Waals surface area contributed by atoms with E-state index in [-0.39, 0.29) is 12.0 Å². The van der Waals surface area contributed by atoms with E-state index in [2.05, 4.69) is 13.0 Å². The molecular weight excluding hydrogens is 516 g/mol. The van der Waals surface area contributed by atoms with E-state index in [0.717, 1.165) is 33.6 Å². The molecule has 2 fully saturated rings. The molecule has 2 aliphatic heterocycles. The zero-order valence-electron chi connectivity index (χ0n) is 22.3. The minimum Gasteiger partial charge on any atom is -0.394 e.